The van der Waals surface area contributed by atoms with Crippen molar-refractivity contribution in [2.45, 2.75) is 6.42 Å². The standard InChI is InChI=1S/C6H6O.3CO.BF4.Fe/c7-6-4-2-1-3-5-6;3*1-2;2-1(3,4)5;/h1-4H,5H2;;;;;/q;;;;-1;. The molecule has 0 spiro atoms. The van der Waals surface area contributed by atoms with Crippen LogP contribution in [0.5, 0.6) is 0 Å². The Morgan fingerprint density at radius 1 is 0.947 bits per heavy atom. The molecule has 0 aromatic carbocycles. The van der Waals surface area contributed by atoms with Crippen molar-refractivity contribution in [3.63, 3.8) is 0 Å². The molecule has 0 N–H and O–H groups in total. The van der Waals surface area contributed by atoms with Crippen molar-refractivity contribution in [3.05, 3.63) is 44.3 Å². The summed E-state index contributed by atoms with van der Waals surface area (Å²) in [6, 6.07) is 0. The number of carbonyl (C=O) groups is 1. The number of halogens is 4. The first-order valence-corrected chi connectivity index (χ1v) is 3.74. The van der Waals surface area contributed by atoms with Gasteiger partial charge in [-0.15, -0.1) is 0 Å². The van der Waals surface area contributed by atoms with Crippen LogP contribution in [0.3, 0.4) is 0 Å². The minimum Gasteiger partial charge on any atom is 0 e. The quantitative estimate of drug-likeness (QED) is 0.292. The minimum atomic E-state index is -6.00. The molecule has 10 heteroatoms. The van der Waals surface area contributed by atoms with Gasteiger partial charge >= 0.3 is 41.2 Å². The van der Waals surface area contributed by atoms with E-state index >= 15 is 0 Å². The number of carbonyl (C=O) groups excluding carboxylic acids is 1. The van der Waals surface area contributed by atoms with Crippen molar-refractivity contribution in [1.82, 2.24) is 0 Å². The Hall–Kier alpha value is -1.33. The summed E-state index contributed by atoms with van der Waals surface area (Å²) in [6.07, 6.45) is 7.64. The molecule has 106 valence electrons. The van der Waals surface area contributed by atoms with E-state index in [1.54, 1.807) is 12.2 Å². The number of hydrogen-bond donors (Lipinski definition) is 0. The minimum absolute atomic E-state index is 0. The topological polar surface area (TPSA) is 76.8 Å². The molecule has 1 aliphatic carbocycles. The van der Waals surface area contributed by atoms with E-state index in [-0.39, 0.29) is 22.9 Å². The summed E-state index contributed by atoms with van der Waals surface area (Å²) in [7, 11) is -6.00. The van der Waals surface area contributed by atoms with Gasteiger partial charge in [0.15, 0.2) is 5.78 Å². The van der Waals surface area contributed by atoms with E-state index in [9.17, 15) is 22.1 Å². The first-order chi connectivity index (χ1) is 8.39. The Bertz CT molecular complexity index is 300. The Morgan fingerprint density at radius 2 is 1.26 bits per heavy atom. The fraction of sp³-hybridized carbons (Fsp3) is 0.111. The molecular formula is C9H6BF4FeO4-. The summed E-state index contributed by atoms with van der Waals surface area (Å²) >= 11 is 0. The van der Waals surface area contributed by atoms with Gasteiger partial charge in [-0.3, -0.25) is 4.79 Å². The van der Waals surface area contributed by atoms with Gasteiger partial charge in [-0.25, -0.2) is 0 Å². The molecule has 0 bridgehead atoms. The van der Waals surface area contributed by atoms with Crippen LogP contribution in [-0.4, -0.2) is 13.0 Å². The molecule has 4 nitrogen and oxygen atoms in total. The average molecular weight is 321 g/mol. The van der Waals surface area contributed by atoms with E-state index in [4.69, 9.17) is 14.0 Å². The monoisotopic (exact) mass is 321 g/mol. The fourth-order valence-electron chi connectivity index (χ4n) is 0.494. The summed E-state index contributed by atoms with van der Waals surface area (Å²) in [5.41, 5.74) is 0. The van der Waals surface area contributed by atoms with Crippen molar-refractivity contribution in [2.75, 3.05) is 0 Å². The second-order valence-corrected chi connectivity index (χ2v) is 1.95. The molecule has 0 amide bonds. The molecule has 19 heavy (non-hydrogen) atoms. The van der Waals surface area contributed by atoms with E-state index in [1.807, 2.05) is 12.2 Å². The maximum atomic E-state index is 10.3. The molecular weight excluding hydrogens is 315 g/mol. The third-order valence-corrected chi connectivity index (χ3v) is 0.848. The molecule has 0 aromatic rings. The molecule has 0 saturated carbocycles. The zero-order valence-electron chi connectivity index (χ0n) is 9.09. The van der Waals surface area contributed by atoms with E-state index in [0.717, 1.165) is 0 Å². The third kappa shape index (κ3) is 80.6. The third-order valence-electron chi connectivity index (χ3n) is 0.848. The number of ketones is 1. The Morgan fingerprint density at radius 3 is 1.37 bits per heavy atom. The van der Waals surface area contributed by atoms with Crippen LogP contribution in [0.25, 0.3) is 0 Å². The number of hydrogen-bond acceptors (Lipinski definition) is 1. The van der Waals surface area contributed by atoms with Crippen molar-refractivity contribution in [1.29, 1.82) is 0 Å². The van der Waals surface area contributed by atoms with Gasteiger partial charge in [0.2, 0.25) is 0 Å². The van der Waals surface area contributed by atoms with E-state index in [0.29, 0.717) is 6.42 Å². The van der Waals surface area contributed by atoms with Crippen LogP contribution in [0.15, 0.2) is 24.3 Å². The largest absolute Gasteiger partial charge is 0 e. The Kier molecular flexibility index (Phi) is 41.1. The van der Waals surface area contributed by atoms with Gasteiger partial charge in [-0.2, -0.15) is 0 Å². The molecule has 0 atom stereocenters. The van der Waals surface area contributed by atoms with Crippen LogP contribution in [0.4, 0.5) is 17.3 Å². The van der Waals surface area contributed by atoms with Gasteiger partial charge < -0.3 is 17.3 Å². The Balaban J connectivity index is -0.0000000488. The van der Waals surface area contributed by atoms with Gasteiger partial charge in [-0.05, 0) is 6.08 Å². The number of allylic oxidation sites excluding steroid dienone is 4. The normalized spacial score (nSPS) is 10.1. The maximum absolute atomic E-state index is 10.3. The summed E-state index contributed by atoms with van der Waals surface area (Å²) in [6.45, 7) is 13.5. The molecule has 0 heterocycles. The molecule has 0 aliphatic heterocycles. The van der Waals surface area contributed by atoms with Crippen LogP contribution in [0, 0.1) is 20.0 Å². The Labute approximate surface area is 117 Å². The van der Waals surface area contributed by atoms with Crippen molar-refractivity contribution in [2.24, 2.45) is 0 Å². The fourth-order valence-corrected chi connectivity index (χ4v) is 0.494. The summed E-state index contributed by atoms with van der Waals surface area (Å²) < 4.78 is 61.5. The molecule has 0 radical (unpaired) electrons. The summed E-state index contributed by atoms with van der Waals surface area (Å²) in [4.78, 5) is 10.3. The van der Waals surface area contributed by atoms with Crippen LogP contribution < -0.4 is 0 Å². The molecule has 1 aliphatic rings. The summed E-state index contributed by atoms with van der Waals surface area (Å²) in [5.74, 6) is 0.197. The van der Waals surface area contributed by atoms with Crippen LogP contribution in [0.2, 0.25) is 0 Å². The van der Waals surface area contributed by atoms with Crippen LogP contribution in [0.1, 0.15) is 6.42 Å². The van der Waals surface area contributed by atoms with Crippen LogP contribution in [-0.2, 0) is 35.8 Å². The van der Waals surface area contributed by atoms with E-state index in [2.05, 4.69) is 20.0 Å². The van der Waals surface area contributed by atoms with Gasteiger partial charge in [0.1, 0.15) is 0 Å². The molecule has 0 saturated heterocycles. The van der Waals surface area contributed by atoms with Crippen LogP contribution >= 0.6 is 0 Å². The van der Waals surface area contributed by atoms with Gasteiger partial charge in [-0.1, -0.05) is 18.2 Å². The predicted molar refractivity (Wildman–Crippen MR) is 49.9 cm³/mol. The second kappa shape index (κ2) is 25.5. The van der Waals surface area contributed by atoms with Gasteiger partial charge in [0, 0.05) is 23.5 Å². The smallest absolute Gasteiger partial charge is 0 e. The zero-order chi connectivity index (χ0) is 15.6. The van der Waals surface area contributed by atoms with Gasteiger partial charge in [0.25, 0.3) is 0 Å². The first-order valence-electron chi connectivity index (χ1n) is 3.74. The first kappa shape index (κ1) is 30.6. The van der Waals surface area contributed by atoms with Crippen molar-refractivity contribution >= 4 is 13.0 Å². The summed E-state index contributed by atoms with van der Waals surface area (Å²) in [5, 5.41) is 0. The zero-order valence-corrected chi connectivity index (χ0v) is 10.2. The second-order valence-electron chi connectivity index (χ2n) is 1.95. The molecule has 1 rings (SSSR count). The molecule has 0 aromatic heterocycles. The number of rotatable bonds is 0. The molecule has 0 fully saturated rings. The predicted octanol–water partition coefficient (Wildman–Crippen LogP) is 2.26. The average Bonchev–Trinajstić information content (AvgIpc) is 2.36. The van der Waals surface area contributed by atoms with Crippen molar-refractivity contribution < 1.29 is 53.1 Å². The van der Waals surface area contributed by atoms with Crippen molar-refractivity contribution in [3.8, 4) is 0 Å². The maximum Gasteiger partial charge on any atom is 0 e. The molecule has 0 unspecified atom stereocenters. The van der Waals surface area contributed by atoms with E-state index < -0.39 is 7.25 Å². The van der Waals surface area contributed by atoms with Gasteiger partial charge in [0.05, 0.1) is 0 Å². The SMILES string of the molecule is F[B-](F)(F)F.O=C1C=CC=CC1.[C-]#[O+].[C-]#[O+].[C-]#[O+].[Fe]. The van der Waals surface area contributed by atoms with E-state index in [1.165, 1.54) is 0 Å².